The molecule has 0 saturated heterocycles. The second-order valence-electron chi connectivity index (χ2n) is 4.06. The van der Waals surface area contributed by atoms with Crippen LogP contribution in [0.15, 0.2) is 27.6 Å². The van der Waals surface area contributed by atoms with E-state index in [2.05, 4.69) is 26.1 Å². The van der Waals surface area contributed by atoms with Gasteiger partial charge >= 0.3 is 5.97 Å². The van der Waals surface area contributed by atoms with E-state index in [0.29, 0.717) is 4.47 Å². The Morgan fingerprint density at radius 2 is 2.14 bits per heavy atom. The SMILES string of the molecule is Cc1[nH]nc(C(=O)O)c1S(=O)(=O)Nc1cc(Br)ccc1F. The van der Waals surface area contributed by atoms with Crippen LogP contribution in [0, 0.1) is 12.7 Å². The fourth-order valence-corrected chi connectivity index (χ4v) is 3.41. The average Bonchev–Trinajstić information content (AvgIpc) is 2.76. The first-order chi connectivity index (χ1) is 9.72. The van der Waals surface area contributed by atoms with E-state index in [9.17, 15) is 17.6 Å². The number of nitrogens with one attached hydrogen (secondary N) is 2. The van der Waals surface area contributed by atoms with Crippen molar-refractivity contribution in [2.45, 2.75) is 11.8 Å². The monoisotopic (exact) mass is 377 g/mol. The Morgan fingerprint density at radius 1 is 1.48 bits per heavy atom. The van der Waals surface area contributed by atoms with Crippen LogP contribution < -0.4 is 4.72 Å². The summed E-state index contributed by atoms with van der Waals surface area (Å²) in [5, 5.41) is 14.7. The molecular weight excluding hydrogens is 369 g/mol. The minimum absolute atomic E-state index is 0.0373. The molecule has 1 aromatic heterocycles. The predicted octanol–water partition coefficient (Wildman–Crippen LogP) is 2.12. The molecule has 0 aliphatic carbocycles. The number of carboxylic acid groups (broad SMARTS) is 1. The first-order valence-electron chi connectivity index (χ1n) is 5.48. The van der Waals surface area contributed by atoms with Gasteiger partial charge in [-0.15, -0.1) is 0 Å². The van der Waals surface area contributed by atoms with Gasteiger partial charge in [-0.25, -0.2) is 17.6 Å². The van der Waals surface area contributed by atoms with Crippen molar-refractivity contribution in [3.63, 3.8) is 0 Å². The number of aromatic amines is 1. The number of aryl methyl sites for hydroxylation is 1. The maximum Gasteiger partial charge on any atom is 0.357 e. The van der Waals surface area contributed by atoms with Crippen molar-refractivity contribution in [3.05, 3.63) is 39.9 Å². The highest BCUT2D eigenvalue weighted by atomic mass is 79.9. The van der Waals surface area contributed by atoms with Crippen LogP contribution in [0.2, 0.25) is 0 Å². The van der Waals surface area contributed by atoms with Crippen LogP contribution in [0.4, 0.5) is 10.1 Å². The molecule has 1 heterocycles. The summed E-state index contributed by atoms with van der Waals surface area (Å²) in [6.07, 6.45) is 0. The lowest BCUT2D eigenvalue weighted by atomic mass is 10.3. The zero-order valence-electron chi connectivity index (χ0n) is 10.5. The van der Waals surface area contributed by atoms with Gasteiger partial charge in [-0.3, -0.25) is 9.82 Å². The molecule has 2 rings (SSSR count). The van der Waals surface area contributed by atoms with Gasteiger partial charge < -0.3 is 5.11 Å². The molecule has 0 radical (unpaired) electrons. The molecule has 2 aromatic rings. The van der Waals surface area contributed by atoms with Gasteiger partial charge in [0.05, 0.1) is 11.4 Å². The third-order valence-electron chi connectivity index (χ3n) is 2.54. The molecule has 0 spiro atoms. The highest BCUT2D eigenvalue weighted by Crippen LogP contribution is 2.25. The van der Waals surface area contributed by atoms with E-state index in [1.54, 1.807) is 0 Å². The summed E-state index contributed by atoms with van der Waals surface area (Å²) in [4.78, 5) is 10.5. The predicted molar refractivity (Wildman–Crippen MR) is 75.2 cm³/mol. The van der Waals surface area contributed by atoms with Crippen molar-refractivity contribution in [1.29, 1.82) is 0 Å². The summed E-state index contributed by atoms with van der Waals surface area (Å²) in [5.41, 5.74) is -0.924. The van der Waals surface area contributed by atoms with Crippen molar-refractivity contribution in [2.75, 3.05) is 4.72 Å². The molecule has 10 heteroatoms. The van der Waals surface area contributed by atoms with E-state index in [1.165, 1.54) is 19.1 Å². The first kappa shape index (κ1) is 15.4. The van der Waals surface area contributed by atoms with E-state index in [0.717, 1.165) is 6.07 Å². The quantitative estimate of drug-likeness (QED) is 0.755. The lowest BCUT2D eigenvalue weighted by molar-refractivity contribution is 0.0686. The molecule has 3 N–H and O–H groups in total. The highest BCUT2D eigenvalue weighted by molar-refractivity contribution is 9.10. The number of nitrogens with zero attached hydrogens (tertiary/aromatic N) is 1. The molecule has 0 fully saturated rings. The molecule has 7 nitrogen and oxygen atoms in total. The van der Waals surface area contributed by atoms with Gasteiger partial charge in [-0.1, -0.05) is 15.9 Å². The van der Waals surface area contributed by atoms with Crippen LogP contribution in [0.3, 0.4) is 0 Å². The highest BCUT2D eigenvalue weighted by Gasteiger charge is 2.29. The van der Waals surface area contributed by atoms with Crippen molar-refractivity contribution in [2.24, 2.45) is 0 Å². The molecule has 1 aromatic carbocycles. The number of carbonyl (C=O) groups is 1. The number of hydrogen-bond acceptors (Lipinski definition) is 4. The Morgan fingerprint density at radius 3 is 2.76 bits per heavy atom. The summed E-state index contributed by atoms with van der Waals surface area (Å²) in [7, 11) is -4.30. The van der Waals surface area contributed by atoms with Crippen LogP contribution in [0.25, 0.3) is 0 Å². The number of halogens is 2. The van der Waals surface area contributed by atoms with Gasteiger partial charge in [-0.2, -0.15) is 5.10 Å². The van der Waals surface area contributed by atoms with E-state index < -0.39 is 32.4 Å². The van der Waals surface area contributed by atoms with Crippen LogP contribution in [0.1, 0.15) is 16.2 Å². The lowest BCUT2D eigenvalue weighted by Gasteiger charge is -2.09. The number of aromatic nitrogens is 2. The molecule has 0 bridgehead atoms. The average molecular weight is 378 g/mol. The van der Waals surface area contributed by atoms with Gasteiger partial charge in [0.1, 0.15) is 10.7 Å². The van der Waals surface area contributed by atoms with E-state index >= 15 is 0 Å². The van der Waals surface area contributed by atoms with Crippen LogP contribution >= 0.6 is 15.9 Å². The first-order valence-corrected chi connectivity index (χ1v) is 7.76. The summed E-state index contributed by atoms with van der Waals surface area (Å²) < 4.78 is 40.6. The number of sulfonamides is 1. The lowest BCUT2D eigenvalue weighted by Crippen LogP contribution is -2.17. The minimum Gasteiger partial charge on any atom is -0.476 e. The molecule has 0 atom stereocenters. The number of carboxylic acids is 1. The summed E-state index contributed by atoms with van der Waals surface area (Å²) in [6.45, 7) is 1.35. The fraction of sp³-hybridized carbons (Fsp3) is 0.0909. The molecule has 21 heavy (non-hydrogen) atoms. The Labute approximate surface area is 127 Å². The zero-order chi connectivity index (χ0) is 15.8. The summed E-state index contributed by atoms with van der Waals surface area (Å²) >= 11 is 3.09. The number of H-pyrrole nitrogens is 1. The Balaban J connectivity index is 2.51. The van der Waals surface area contributed by atoms with Gasteiger partial charge in [0, 0.05) is 4.47 Å². The minimum atomic E-state index is -4.30. The molecule has 0 saturated carbocycles. The molecule has 0 aliphatic heterocycles. The molecule has 112 valence electrons. The van der Waals surface area contributed by atoms with Crippen molar-refractivity contribution >= 4 is 37.6 Å². The number of benzene rings is 1. The third-order valence-corrected chi connectivity index (χ3v) is 4.55. The molecule has 0 amide bonds. The van der Waals surface area contributed by atoms with Gasteiger partial charge in [-0.05, 0) is 25.1 Å². The van der Waals surface area contributed by atoms with Crippen molar-refractivity contribution in [1.82, 2.24) is 10.2 Å². The van der Waals surface area contributed by atoms with Gasteiger partial charge in [0.25, 0.3) is 10.0 Å². The fourth-order valence-electron chi connectivity index (χ4n) is 1.66. The molecule has 0 aliphatic rings. The van der Waals surface area contributed by atoms with Crippen LogP contribution in [-0.2, 0) is 10.0 Å². The normalized spacial score (nSPS) is 11.4. The maximum absolute atomic E-state index is 13.6. The Kier molecular flexibility index (Phi) is 4.01. The smallest absolute Gasteiger partial charge is 0.357 e. The summed E-state index contributed by atoms with van der Waals surface area (Å²) in [5.74, 6) is -2.30. The standard InChI is InChI=1S/C11H9BrFN3O4S/c1-5-10(9(11(17)18)15-14-5)21(19,20)16-8-4-6(12)2-3-7(8)13/h2-4,16H,1H3,(H,14,15)(H,17,18). The largest absolute Gasteiger partial charge is 0.476 e. The van der Waals surface area contributed by atoms with Crippen LogP contribution in [-0.4, -0.2) is 29.7 Å². The number of aromatic carboxylic acids is 1. The Hall–Kier alpha value is -1.94. The molecule has 0 unspecified atom stereocenters. The third kappa shape index (κ3) is 3.05. The van der Waals surface area contributed by atoms with Gasteiger partial charge in [0.15, 0.2) is 5.69 Å². The van der Waals surface area contributed by atoms with Gasteiger partial charge in [0.2, 0.25) is 0 Å². The zero-order valence-corrected chi connectivity index (χ0v) is 12.9. The number of rotatable bonds is 4. The Bertz CT molecular complexity index is 819. The molecular formula is C11H9BrFN3O4S. The van der Waals surface area contributed by atoms with E-state index in [-0.39, 0.29) is 11.4 Å². The number of hydrogen-bond donors (Lipinski definition) is 3. The number of anilines is 1. The van der Waals surface area contributed by atoms with Crippen molar-refractivity contribution < 1.29 is 22.7 Å². The van der Waals surface area contributed by atoms with Crippen molar-refractivity contribution in [3.8, 4) is 0 Å². The van der Waals surface area contributed by atoms with E-state index in [1.807, 2.05) is 4.72 Å². The van der Waals surface area contributed by atoms with E-state index in [4.69, 9.17) is 5.11 Å². The van der Waals surface area contributed by atoms with Crippen LogP contribution in [0.5, 0.6) is 0 Å². The summed E-state index contributed by atoms with van der Waals surface area (Å²) in [6, 6.07) is 3.70. The second-order valence-corrected chi connectivity index (χ2v) is 6.60. The topological polar surface area (TPSA) is 112 Å². The maximum atomic E-state index is 13.6. The second kappa shape index (κ2) is 5.45.